The minimum Gasteiger partial charge on any atom is -0.365 e. The first-order valence-corrected chi connectivity index (χ1v) is 5.81. The molecule has 0 aromatic carbocycles. The molecule has 0 N–H and O–H groups in total. The maximum Gasteiger partial charge on any atom is 0.416 e. The van der Waals surface area contributed by atoms with E-state index >= 15 is 0 Å². The second kappa shape index (κ2) is 5.20. The van der Waals surface area contributed by atoms with Crippen LogP contribution in [0, 0.1) is 0 Å². The van der Waals surface area contributed by atoms with Gasteiger partial charge in [0, 0.05) is 26.8 Å². The first kappa shape index (κ1) is 13.9. The van der Waals surface area contributed by atoms with Crippen LogP contribution in [0.2, 0.25) is 0 Å². The van der Waals surface area contributed by atoms with Crippen LogP contribution in [-0.2, 0) is 4.74 Å². The molecule has 0 spiro atoms. The Morgan fingerprint density at radius 2 is 2.16 bits per heavy atom. The highest BCUT2D eigenvalue weighted by molar-refractivity contribution is 5.42. The second-order valence-corrected chi connectivity index (χ2v) is 4.46. The van der Waals surface area contributed by atoms with E-state index in [0.29, 0.717) is 18.3 Å². The third-order valence-corrected chi connectivity index (χ3v) is 2.80. The SMILES string of the molecule is CN(C)c1ccnc(N2CCO[C@@H](C(F)(F)F)C2)n1. The van der Waals surface area contributed by atoms with Gasteiger partial charge in [0.2, 0.25) is 5.95 Å². The number of anilines is 2. The van der Waals surface area contributed by atoms with Crippen molar-refractivity contribution in [1.29, 1.82) is 0 Å². The number of nitrogens with zero attached hydrogens (tertiary/aromatic N) is 4. The monoisotopic (exact) mass is 276 g/mol. The predicted molar refractivity (Wildman–Crippen MR) is 64.4 cm³/mol. The standard InChI is InChI=1S/C11H15F3N4O/c1-17(2)9-3-4-15-10(16-9)18-5-6-19-8(7-18)11(12,13)14/h3-4,8H,5-7H2,1-2H3/t8-/m1/s1. The van der Waals surface area contributed by atoms with Crippen molar-refractivity contribution in [3.8, 4) is 0 Å². The van der Waals surface area contributed by atoms with Crippen LogP contribution in [-0.4, -0.2) is 56.0 Å². The van der Waals surface area contributed by atoms with E-state index in [1.54, 1.807) is 11.0 Å². The molecule has 0 amide bonds. The molecule has 1 aliphatic heterocycles. The average Bonchev–Trinajstić information content (AvgIpc) is 2.38. The van der Waals surface area contributed by atoms with Crippen LogP contribution in [0.25, 0.3) is 0 Å². The Morgan fingerprint density at radius 3 is 2.79 bits per heavy atom. The molecule has 2 rings (SSSR count). The summed E-state index contributed by atoms with van der Waals surface area (Å²) >= 11 is 0. The van der Waals surface area contributed by atoms with E-state index in [4.69, 9.17) is 4.74 Å². The molecule has 1 fully saturated rings. The lowest BCUT2D eigenvalue weighted by atomic mass is 10.3. The number of alkyl halides is 3. The number of hydrogen-bond donors (Lipinski definition) is 0. The number of hydrogen-bond acceptors (Lipinski definition) is 5. The third kappa shape index (κ3) is 3.25. The fourth-order valence-electron chi connectivity index (χ4n) is 1.77. The molecule has 2 heterocycles. The maximum absolute atomic E-state index is 12.6. The zero-order valence-corrected chi connectivity index (χ0v) is 10.7. The fourth-order valence-corrected chi connectivity index (χ4v) is 1.77. The summed E-state index contributed by atoms with van der Waals surface area (Å²) in [5.41, 5.74) is 0. The minimum absolute atomic E-state index is 0.0136. The molecule has 5 nitrogen and oxygen atoms in total. The lowest BCUT2D eigenvalue weighted by Crippen LogP contribution is -2.49. The number of ether oxygens (including phenoxy) is 1. The van der Waals surface area contributed by atoms with Crippen molar-refractivity contribution in [3.05, 3.63) is 12.3 Å². The Kier molecular flexibility index (Phi) is 3.79. The van der Waals surface area contributed by atoms with Crippen molar-refractivity contribution >= 4 is 11.8 Å². The molecule has 1 atom stereocenters. The summed E-state index contributed by atoms with van der Waals surface area (Å²) in [6, 6.07) is 1.70. The molecule has 1 aliphatic rings. The van der Waals surface area contributed by atoms with Crippen molar-refractivity contribution in [2.75, 3.05) is 43.6 Å². The Labute approximate surface area is 109 Å². The van der Waals surface area contributed by atoms with E-state index in [-0.39, 0.29) is 13.2 Å². The van der Waals surface area contributed by atoms with Crippen LogP contribution in [0.15, 0.2) is 12.3 Å². The van der Waals surface area contributed by atoms with Gasteiger partial charge in [-0.3, -0.25) is 0 Å². The van der Waals surface area contributed by atoms with E-state index in [1.807, 2.05) is 14.1 Å². The van der Waals surface area contributed by atoms with Crippen LogP contribution in [0.3, 0.4) is 0 Å². The van der Waals surface area contributed by atoms with Gasteiger partial charge in [0.25, 0.3) is 0 Å². The van der Waals surface area contributed by atoms with Crippen molar-refractivity contribution < 1.29 is 17.9 Å². The summed E-state index contributed by atoms with van der Waals surface area (Å²) in [7, 11) is 3.62. The number of aromatic nitrogens is 2. The summed E-state index contributed by atoms with van der Waals surface area (Å²) in [4.78, 5) is 11.5. The minimum atomic E-state index is -4.36. The van der Waals surface area contributed by atoms with Crippen LogP contribution in [0.1, 0.15) is 0 Å². The summed E-state index contributed by atoms with van der Waals surface area (Å²) < 4.78 is 42.7. The van der Waals surface area contributed by atoms with Gasteiger partial charge in [-0.25, -0.2) is 4.98 Å². The highest BCUT2D eigenvalue weighted by atomic mass is 19.4. The molecule has 0 radical (unpaired) electrons. The van der Waals surface area contributed by atoms with E-state index in [0.717, 1.165) is 0 Å². The van der Waals surface area contributed by atoms with Gasteiger partial charge in [-0.2, -0.15) is 18.2 Å². The molecule has 8 heteroatoms. The largest absolute Gasteiger partial charge is 0.416 e. The lowest BCUT2D eigenvalue weighted by molar-refractivity contribution is -0.221. The molecule has 0 aliphatic carbocycles. The molecule has 106 valence electrons. The van der Waals surface area contributed by atoms with Gasteiger partial charge in [0.05, 0.1) is 13.2 Å². The normalized spacial score (nSPS) is 20.5. The first-order chi connectivity index (χ1) is 8.88. The molecule has 1 aromatic heterocycles. The Balaban J connectivity index is 2.15. The lowest BCUT2D eigenvalue weighted by Gasteiger charge is -2.33. The fraction of sp³-hybridized carbons (Fsp3) is 0.636. The van der Waals surface area contributed by atoms with Gasteiger partial charge in [-0.05, 0) is 6.07 Å². The number of morpholine rings is 1. The number of halogens is 3. The van der Waals surface area contributed by atoms with Crippen LogP contribution in [0.4, 0.5) is 24.9 Å². The van der Waals surface area contributed by atoms with Crippen molar-refractivity contribution in [2.24, 2.45) is 0 Å². The Morgan fingerprint density at radius 1 is 1.42 bits per heavy atom. The summed E-state index contributed by atoms with van der Waals surface area (Å²) in [6.45, 7) is 0.0869. The summed E-state index contributed by atoms with van der Waals surface area (Å²) in [5, 5.41) is 0. The van der Waals surface area contributed by atoms with Gasteiger partial charge in [0.15, 0.2) is 6.10 Å². The van der Waals surface area contributed by atoms with Gasteiger partial charge in [0.1, 0.15) is 5.82 Å². The molecule has 1 aromatic rings. The van der Waals surface area contributed by atoms with Gasteiger partial charge >= 0.3 is 6.18 Å². The highest BCUT2D eigenvalue weighted by Gasteiger charge is 2.43. The predicted octanol–water partition coefficient (Wildman–Crippen LogP) is 1.31. The van der Waals surface area contributed by atoms with Crippen molar-refractivity contribution in [2.45, 2.75) is 12.3 Å². The average molecular weight is 276 g/mol. The molecule has 0 unspecified atom stereocenters. The van der Waals surface area contributed by atoms with Gasteiger partial charge < -0.3 is 14.5 Å². The molecule has 1 saturated heterocycles. The van der Waals surface area contributed by atoms with Crippen LogP contribution in [0.5, 0.6) is 0 Å². The zero-order chi connectivity index (χ0) is 14.0. The Hall–Kier alpha value is -1.57. The Bertz CT molecular complexity index is 438. The van der Waals surface area contributed by atoms with E-state index in [1.165, 1.54) is 11.1 Å². The van der Waals surface area contributed by atoms with E-state index in [2.05, 4.69) is 9.97 Å². The van der Waals surface area contributed by atoms with Gasteiger partial charge in [-0.15, -0.1) is 0 Å². The van der Waals surface area contributed by atoms with Crippen LogP contribution >= 0.6 is 0 Å². The van der Waals surface area contributed by atoms with E-state index in [9.17, 15) is 13.2 Å². The second-order valence-electron chi connectivity index (χ2n) is 4.46. The van der Waals surface area contributed by atoms with Crippen LogP contribution < -0.4 is 9.80 Å². The first-order valence-electron chi connectivity index (χ1n) is 5.81. The van der Waals surface area contributed by atoms with Crippen molar-refractivity contribution in [1.82, 2.24) is 9.97 Å². The quantitative estimate of drug-likeness (QED) is 0.814. The summed E-state index contributed by atoms with van der Waals surface area (Å²) in [6.07, 6.45) is -4.61. The molecular formula is C11H15F3N4O. The molecule has 19 heavy (non-hydrogen) atoms. The zero-order valence-electron chi connectivity index (χ0n) is 10.7. The molecule has 0 saturated carbocycles. The topological polar surface area (TPSA) is 41.5 Å². The number of rotatable bonds is 2. The maximum atomic E-state index is 12.6. The van der Waals surface area contributed by atoms with Gasteiger partial charge in [-0.1, -0.05) is 0 Å². The molecule has 0 bridgehead atoms. The van der Waals surface area contributed by atoms with E-state index < -0.39 is 12.3 Å². The smallest absolute Gasteiger partial charge is 0.365 e. The summed E-state index contributed by atoms with van der Waals surface area (Å²) in [5.74, 6) is 0.948. The molecular weight excluding hydrogens is 261 g/mol. The third-order valence-electron chi connectivity index (χ3n) is 2.80. The van der Waals surface area contributed by atoms with Crippen molar-refractivity contribution in [3.63, 3.8) is 0 Å². The highest BCUT2D eigenvalue weighted by Crippen LogP contribution is 2.27.